The fourth-order valence-corrected chi connectivity index (χ4v) is 3.30. The van der Waals surface area contributed by atoms with Crippen molar-refractivity contribution in [1.29, 1.82) is 0 Å². The second-order valence-corrected chi connectivity index (χ2v) is 6.51. The van der Waals surface area contributed by atoms with E-state index < -0.39 is 0 Å². The predicted molar refractivity (Wildman–Crippen MR) is 105 cm³/mol. The van der Waals surface area contributed by atoms with E-state index in [4.69, 9.17) is 14.2 Å². The van der Waals surface area contributed by atoms with Crippen LogP contribution in [0.25, 0.3) is 0 Å². The van der Waals surface area contributed by atoms with Gasteiger partial charge in [-0.2, -0.15) is 0 Å². The van der Waals surface area contributed by atoms with Crippen LogP contribution in [-0.2, 0) is 0 Å². The van der Waals surface area contributed by atoms with Gasteiger partial charge < -0.3 is 24.4 Å². The van der Waals surface area contributed by atoms with Gasteiger partial charge in [-0.25, -0.2) is 0 Å². The standard InChI is InChI=1S/C21H26N2O4/c1-25-18-7-5-16(6-8-18)22-17-10-12-23(13-11-17)21(24)15-4-9-19(26-2)20(14-15)27-3/h4-9,14,17,22H,10-13H2,1-3H3. The molecule has 1 aliphatic heterocycles. The maximum Gasteiger partial charge on any atom is 0.253 e. The maximum atomic E-state index is 12.8. The van der Waals surface area contributed by atoms with Gasteiger partial charge in [0.15, 0.2) is 11.5 Å². The zero-order valence-corrected chi connectivity index (χ0v) is 16.0. The lowest BCUT2D eigenvalue weighted by molar-refractivity contribution is 0.0718. The van der Waals surface area contributed by atoms with Gasteiger partial charge in [-0.05, 0) is 55.3 Å². The number of hydrogen-bond donors (Lipinski definition) is 1. The van der Waals surface area contributed by atoms with Crippen molar-refractivity contribution in [3.05, 3.63) is 48.0 Å². The average molecular weight is 370 g/mol. The van der Waals surface area contributed by atoms with Gasteiger partial charge in [0.25, 0.3) is 5.91 Å². The molecule has 2 aromatic carbocycles. The van der Waals surface area contributed by atoms with E-state index in [9.17, 15) is 4.79 Å². The number of methoxy groups -OCH3 is 3. The molecule has 0 bridgehead atoms. The van der Waals surface area contributed by atoms with Gasteiger partial charge in [-0.1, -0.05) is 0 Å². The van der Waals surface area contributed by atoms with Crippen molar-refractivity contribution >= 4 is 11.6 Å². The Hall–Kier alpha value is -2.89. The largest absolute Gasteiger partial charge is 0.497 e. The Labute approximate surface area is 160 Å². The number of rotatable bonds is 6. The third-order valence-corrected chi connectivity index (χ3v) is 4.87. The lowest BCUT2D eigenvalue weighted by Crippen LogP contribution is -2.42. The van der Waals surface area contributed by atoms with Gasteiger partial charge >= 0.3 is 0 Å². The van der Waals surface area contributed by atoms with E-state index in [0.717, 1.165) is 37.4 Å². The summed E-state index contributed by atoms with van der Waals surface area (Å²) in [6.07, 6.45) is 1.82. The number of amides is 1. The molecule has 0 aliphatic carbocycles. The predicted octanol–water partition coefficient (Wildman–Crippen LogP) is 3.43. The Morgan fingerprint density at radius 1 is 0.926 bits per heavy atom. The van der Waals surface area contributed by atoms with Crippen LogP contribution in [0.1, 0.15) is 23.2 Å². The first-order chi connectivity index (χ1) is 13.1. The van der Waals surface area contributed by atoms with Crippen LogP contribution < -0.4 is 19.5 Å². The van der Waals surface area contributed by atoms with Crippen molar-refractivity contribution in [2.24, 2.45) is 0 Å². The zero-order valence-electron chi connectivity index (χ0n) is 16.0. The summed E-state index contributed by atoms with van der Waals surface area (Å²) in [5.74, 6) is 2.06. The molecular weight excluding hydrogens is 344 g/mol. The Kier molecular flexibility index (Phi) is 6.06. The highest BCUT2D eigenvalue weighted by molar-refractivity contribution is 5.95. The molecule has 1 amide bonds. The molecule has 1 heterocycles. The first kappa shape index (κ1) is 18.9. The van der Waals surface area contributed by atoms with Gasteiger partial charge in [0.1, 0.15) is 5.75 Å². The molecule has 0 saturated carbocycles. The first-order valence-electron chi connectivity index (χ1n) is 9.06. The maximum absolute atomic E-state index is 12.8. The summed E-state index contributed by atoms with van der Waals surface area (Å²) >= 11 is 0. The quantitative estimate of drug-likeness (QED) is 0.844. The summed E-state index contributed by atoms with van der Waals surface area (Å²) in [6.45, 7) is 1.45. The molecule has 6 nitrogen and oxygen atoms in total. The molecule has 144 valence electrons. The third-order valence-electron chi connectivity index (χ3n) is 4.87. The third kappa shape index (κ3) is 4.45. The van der Waals surface area contributed by atoms with Crippen LogP contribution in [0.5, 0.6) is 17.2 Å². The van der Waals surface area contributed by atoms with E-state index >= 15 is 0 Å². The van der Waals surface area contributed by atoms with Crippen LogP contribution in [0.15, 0.2) is 42.5 Å². The van der Waals surface area contributed by atoms with E-state index in [1.54, 1.807) is 39.5 Å². The molecule has 1 fully saturated rings. The smallest absolute Gasteiger partial charge is 0.253 e. The fourth-order valence-electron chi connectivity index (χ4n) is 3.30. The van der Waals surface area contributed by atoms with E-state index in [0.29, 0.717) is 23.1 Å². The highest BCUT2D eigenvalue weighted by Crippen LogP contribution is 2.28. The van der Waals surface area contributed by atoms with Crippen LogP contribution in [0, 0.1) is 0 Å². The normalized spacial score (nSPS) is 14.6. The first-order valence-corrected chi connectivity index (χ1v) is 9.06. The number of nitrogens with one attached hydrogen (secondary N) is 1. The van der Waals surface area contributed by atoms with Crippen LogP contribution in [-0.4, -0.2) is 51.3 Å². The lowest BCUT2D eigenvalue weighted by Gasteiger charge is -2.33. The van der Waals surface area contributed by atoms with Crippen molar-refractivity contribution in [2.75, 3.05) is 39.7 Å². The van der Waals surface area contributed by atoms with Crippen molar-refractivity contribution < 1.29 is 19.0 Å². The van der Waals surface area contributed by atoms with Crippen LogP contribution in [0.3, 0.4) is 0 Å². The van der Waals surface area contributed by atoms with Crippen molar-refractivity contribution in [2.45, 2.75) is 18.9 Å². The van der Waals surface area contributed by atoms with Gasteiger partial charge in [0.2, 0.25) is 0 Å². The summed E-state index contributed by atoms with van der Waals surface area (Å²) in [4.78, 5) is 14.7. The highest BCUT2D eigenvalue weighted by Gasteiger charge is 2.24. The minimum atomic E-state index is 0.0267. The second-order valence-electron chi connectivity index (χ2n) is 6.51. The summed E-state index contributed by atoms with van der Waals surface area (Å²) in [5, 5.41) is 3.53. The van der Waals surface area contributed by atoms with Gasteiger partial charge in [0, 0.05) is 30.4 Å². The summed E-state index contributed by atoms with van der Waals surface area (Å²) < 4.78 is 15.7. The number of hydrogen-bond acceptors (Lipinski definition) is 5. The number of benzene rings is 2. The van der Waals surface area contributed by atoms with Gasteiger partial charge in [-0.3, -0.25) is 4.79 Å². The molecule has 3 rings (SSSR count). The van der Waals surface area contributed by atoms with Crippen molar-refractivity contribution in [3.8, 4) is 17.2 Å². The van der Waals surface area contributed by atoms with Crippen LogP contribution in [0.2, 0.25) is 0 Å². The van der Waals surface area contributed by atoms with E-state index in [1.165, 1.54) is 0 Å². The van der Waals surface area contributed by atoms with Gasteiger partial charge in [-0.15, -0.1) is 0 Å². The molecule has 0 spiro atoms. The fraction of sp³-hybridized carbons (Fsp3) is 0.381. The van der Waals surface area contributed by atoms with Crippen LogP contribution in [0.4, 0.5) is 5.69 Å². The number of carbonyl (C=O) groups excluding carboxylic acids is 1. The number of anilines is 1. The minimum absolute atomic E-state index is 0.0267. The summed E-state index contributed by atoms with van der Waals surface area (Å²) in [7, 11) is 4.82. The Balaban J connectivity index is 1.57. The number of piperidine rings is 1. The van der Waals surface area contributed by atoms with Crippen LogP contribution >= 0.6 is 0 Å². The topological polar surface area (TPSA) is 60.0 Å². The summed E-state index contributed by atoms with van der Waals surface area (Å²) in [5.41, 5.74) is 1.69. The molecule has 6 heteroatoms. The molecule has 0 atom stereocenters. The second kappa shape index (κ2) is 8.66. The monoisotopic (exact) mass is 370 g/mol. The van der Waals surface area contributed by atoms with Gasteiger partial charge in [0.05, 0.1) is 21.3 Å². The number of likely N-dealkylation sites (tertiary alicyclic amines) is 1. The molecule has 1 aliphatic rings. The Morgan fingerprint density at radius 3 is 2.19 bits per heavy atom. The molecule has 1 saturated heterocycles. The number of ether oxygens (including phenoxy) is 3. The van der Waals surface area contributed by atoms with E-state index in [2.05, 4.69) is 5.32 Å². The lowest BCUT2D eigenvalue weighted by atomic mass is 10.0. The minimum Gasteiger partial charge on any atom is -0.497 e. The van der Waals surface area contributed by atoms with Crippen molar-refractivity contribution in [3.63, 3.8) is 0 Å². The van der Waals surface area contributed by atoms with E-state index in [-0.39, 0.29) is 5.91 Å². The molecule has 27 heavy (non-hydrogen) atoms. The SMILES string of the molecule is COc1ccc(NC2CCN(C(=O)c3ccc(OC)c(OC)c3)CC2)cc1. The zero-order chi connectivity index (χ0) is 19.2. The molecular formula is C21H26N2O4. The number of nitrogens with zero attached hydrogens (tertiary/aromatic N) is 1. The van der Waals surface area contributed by atoms with Crippen molar-refractivity contribution in [1.82, 2.24) is 4.90 Å². The average Bonchev–Trinajstić information content (AvgIpc) is 2.73. The molecule has 0 unspecified atom stereocenters. The molecule has 0 radical (unpaired) electrons. The number of carbonyl (C=O) groups is 1. The highest BCUT2D eigenvalue weighted by atomic mass is 16.5. The summed E-state index contributed by atoms with van der Waals surface area (Å²) in [6, 6.07) is 13.6. The molecule has 2 aromatic rings. The Bertz CT molecular complexity index is 768. The molecule has 0 aromatic heterocycles. The van der Waals surface area contributed by atoms with E-state index in [1.807, 2.05) is 29.2 Å². The molecule has 1 N–H and O–H groups in total. The Morgan fingerprint density at radius 2 is 1.59 bits per heavy atom.